The second-order valence-corrected chi connectivity index (χ2v) is 5.94. The molecule has 0 aliphatic rings. The number of hydrogen-bond donors (Lipinski definition) is 0. The number of nitriles is 1. The van der Waals surface area contributed by atoms with Crippen molar-refractivity contribution in [3.8, 4) is 6.07 Å². The molecule has 0 radical (unpaired) electrons. The summed E-state index contributed by atoms with van der Waals surface area (Å²) < 4.78 is 12.8. The van der Waals surface area contributed by atoms with Gasteiger partial charge in [0.25, 0.3) is 0 Å². The number of unbranched alkanes of at least 4 members (excludes halogenated alkanes) is 2. The summed E-state index contributed by atoms with van der Waals surface area (Å²) in [5.41, 5.74) is 0. The molecule has 0 aromatic rings. The molecule has 0 fully saturated rings. The van der Waals surface area contributed by atoms with Gasteiger partial charge in [-0.3, -0.25) is 0 Å². The first-order valence-electron chi connectivity index (χ1n) is 3.34. The molecule has 0 amide bonds. The molecule has 0 aromatic heterocycles. The monoisotopic (exact) mass is 163 g/mol. The average molecular weight is 163 g/mol. The van der Waals surface area contributed by atoms with E-state index in [9.17, 15) is 3.89 Å². The van der Waals surface area contributed by atoms with Crippen molar-refractivity contribution in [1.29, 1.82) is 5.26 Å². The zero-order valence-electron chi connectivity index (χ0n) is 6.56. The van der Waals surface area contributed by atoms with Crippen LogP contribution in [0.4, 0.5) is 3.89 Å². The molecule has 0 unspecified atom stereocenters. The number of hydrogen-bond acceptors (Lipinski definition) is 1. The highest BCUT2D eigenvalue weighted by molar-refractivity contribution is 8.28. The van der Waals surface area contributed by atoms with Crippen molar-refractivity contribution in [3.63, 3.8) is 0 Å². The predicted molar refractivity (Wildman–Crippen MR) is 44.9 cm³/mol. The number of nitrogens with zero attached hydrogens (tertiary/aromatic N) is 1. The Labute approximate surface area is 63.8 Å². The highest BCUT2D eigenvalue weighted by atomic mass is 32.3. The predicted octanol–water partition coefficient (Wildman–Crippen LogP) is 2.63. The maximum Gasteiger partial charge on any atom is 0.0621 e. The van der Waals surface area contributed by atoms with E-state index in [1.54, 1.807) is 12.5 Å². The van der Waals surface area contributed by atoms with Crippen LogP contribution in [0.2, 0.25) is 0 Å². The van der Waals surface area contributed by atoms with Crippen molar-refractivity contribution in [2.24, 2.45) is 0 Å². The van der Waals surface area contributed by atoms with Crippen LogP contribution in [0.3, 0.4) is 0 Å². The SMILES string of the molecule is CS(C)(F)CCCCC#N. The van der Waals surface area contributed by atoms with Gasteiger partial charge in [0.15, 0.2) is 0 Å². The second-order valence-electron chi connectivity index (χ2n) is 2.72. The summed E-state index contributed by atoms with van der Waals surface area (Å²) in [4.78, 5) is 0. The molecule has 0 bridgehead atoms. The Bertz CT molecular complexity index is 123. The van der Waals surface area contributed by atoms with Crippen LogP contribution in [0.15, 0.2) is 0 Å². The molecule has 0 saturated heterocycles. The van der Waals surface area contributed by atoms with E-state index in [1.165, 1.54) is 0 Å². The quantitative estimate of drug-likeness (QED) is 0.584. The molecule has 0 spiro atoms. The molecular weight excluding hydrogens is 149 g/mol. The van der Waals surface area contributed by atoms with Gasteiger partial charge in [-0.1, -0.05) is 10.4 Å². The van der Waals surface area contributed by atoms with Crippen LogP contribution in [0.5, 0.6) is 0 Å². The van der Waals surface area contributed by atoms with Gasteiger partial charge in [0, 0.05) is 12.2 Å². The molecule has 0 aliphatic heterocycles. The zero-order valence-corrected chi connectivity index (χ0v) is 7.38. The smallest absolute Gasteiger partial charge is 0.0621 e. The fourth-order valence-electron chi connectivity index (χ4n) is 0.649. The van der Waals surface area contributed by atoms with Gasteiger partial charge < -0.3 is 0 Å². The first-order chi connectivity index (χ1) is 4.56. The Morgan fingerprint density at radius 3 is 2.40 bits per heavy atom. The summed E-state index contributed by atoms with van der Waals surface area (Å²) >= 11 is 0. The third-order valence-corrected chi connectivity index (χ3v) is 2.43. The normalized spacial score (nSPS) is 12.6. The van der Waals surface area contributed by atoms with Crippen molar-refractivity contribution >= 4 is 10.4 Å². The fourth-order valence-corrected chi connectivity index (χ4v) is 1.54. The van der Waals surface area contributed by atoms with Crippen molar-refractivity contribution in [2.75, 3.05) is 18.3 Å². The Morgan fingerprint density at radius 2 is 2.00 bits per heavy atom. The van der Waals surface area contributed by atoms with Crippen molar-refractivity contribution in [2.45, 2.75) is 19.3 Å². The maximum atomic E-state index is 12.8. The molecule has 0 atom stereocenters. The Balaban J connectivity index is 3.14. The van der Waals surface area contributed by atoms with E-state index < -0.39 is 10.4 Å². The van der Waals surface area contributed by atoms with Crippen molar-refractivity contribution in [3.05, 3.63) is 0 Å². The summed E-state index contributed by atoms with van der Waals surface area (Å²) in [5, 5.41) is 8.16. The molecule has 0 aromatic carbocycles. The van der Waals surface area contributed by atoms with Gasteiger partial charge in [-0.25, -0.2) is 0 Å². The van der Waals surface area contributed by atoms with E-state index in [0.29, 0.717) is 12.2 Å². The molecule has 0 aliphatic carbocycles. The van der Waals surface area contributed by atoms with Crippen LogP contribution in [0.25, 0.3) is 0 Å². The van der Waals surface area contributed by atoms with Gasteiger partial charge in [0.1, 0.15) is 0 Å². The number of rotatable bonds is 4. The number of halogens is 1. The topological polar surface area (TPSA) is 23.8 Å². The van der Waals surface area contributed by atoms with Crippen molar-refractivity contribution < 1.29 is 3.89 Å². The highest BCUT2D eigenvalue weighted by Crippen LogP contribution is 2.41. The van der Waals surface area contributed by atoms with E-state index in [0.717, 1.165) is 12.8 Å². The minimum atomic E-state index is -1.81. The van der Waals surface area contributed by atoms with Crippen LogP contribution in [0, 0.1) is 11.3 Å². The standard InChI is InChI=1S/C7H14FNS/c1-10(2,8)7-5-3-4-6-9/h3-5,7H2,1-2H3. The van der Waals surface area contributed by atoms with Crippen LogP contribution >= 0.6 is 10.4 Å². The van der Waals surface area contributed by atoms with Crippen LogP contribution < -0.4 is 0 Å². The zero-order chi connectivity index (χ0) is 8.04. The highest BCUT2D eigenvalue weighted by Gasteiger charge is 2.06. The molecule has 3 heteroatoms. The van der Waals surface area contributed by atoms with Crippen LogP contribution in [-0.4, -0.2) is 18.3 Å². The van der Waals surface area contributed by atoms with Gasteiger partial charge in [0.2, 0.25) is 0 Å². The third kappa shape index (κ3) is 7.77. The largest absolute Gasteiger partial charge is 0.198 e. The molecule has 10 heavy (non-hydrogen) atoms. The molecule has 0 heterocycles. The molecule has 0 N–H and O–H groups in total. The van der Waals surface area contributed by atoms with Gasteiger partial charge in [0.05, 0.1) is 6.07 Å². The van der Waals surface area contributed by atoms with E-state index in [2.05, 4.69) is 0 Å². The minimum Gasteiger partial charge on any atom is -0.198 e. The molecule has 1 nitrogen and oxygen atoms in total. The lowest BCUT2D eigenvalue weighted by Crippen LogP contribution is -1.93. The van der Waals surface area contributed by atoms with Crippen LogP contribution in [-0.2, 0) is 0 Å². The average Bonchev–Trinajstić information content (AvgIpc) is 1.78. The molecular formula is C7H14FNS. The first kappa shape index (κ1) is 9.77. The Kier molecular flexibility index (Phi) is 4.46. The lowest BCUT2D eigenvalue weighted by atomic mass is 10.3. The summed E-state index contributed by atoms with van der Waals surface area (Å²) in [6.07, 6.45) is 5.57. The van der Waals surface area contributed by atoms with Crippen molar-refractivity contribution in [1.82, 2.24) is 0 Å². The Hall–Kier alpha value is -0.230. The molecule has 0 rings (SSSR count). The van der Waals surface area contributed by atoms with E-state index in [1.807, 2.05) is 6.07 Å². The van der Waals surface area contributed by atoms with Gasteiger partial charge >= 0.3 is 0 Å². The van der Waals surface area contributed by atoms with Gasteiger partial charge in [-0.15, -0.1) is 0 Å². The lowest BCUT2D eigenvalue weighted by Gasteiger charge is -2.18. The van der Waals surface area contributed by atoms with E-state index in [-0.39, 0.29) is 0 Å². The maximum absolute atomic E-state index is 12.8. The fraction of sp³-hybridized carbons (Fsp3) is 0.857. The second kappa shape index (κ2) is 4.56. The molecule has 60 valence electrons. The minimum absolute atomic E-state index is 0.565. The summed E-state index contributed by atoms with van der Waals surface area (Å²) in [6.45, 7) is 0. The Morgan fingerprint density at radius 1 is 1.40 bits per heavy atom. The van der Waals surface area contributed by atoms with E-state index >= 15 is 0 Å². The van der Waals surface area contributed by atoms with Crippen LogP contribution in [0.1, 0.15) is 19.3 Å². The summed E-state index contributed by atoms with van der Waals surface area (Å²) in [6, 6.07) is 2.04. The molecule has 0 saturated carbocycles. The third-order valence-electron chi connectivity index (χ3n) is 1.17. The summed E-state index contributed by atoms with van der Waals surface area (Å²) in [5.74, 6) is 0.648. The first-order valence-corrected chi connectivity index (χ1v) is 5.86. The van der Waals surface area contributed by atoms with E-state index in [4.69, 9.17) is 5.26 Å². The van der Waals surface area contributed by atoms with Gasteiger partial charge in [-0.05, 0) is 25.4 Å². The summed E-state index contributed by atoms with van der Waals surface area (Å²) in [7, 11) is -1.81. The lowest BCUT2D eigenvalue weighted by molar-refractivity contribution is 0.804. The van der Waals surface area contributed by atoms with Gasteiger partial charge in [-0.2, -0.15) is 9.15 Å².